The van der Waals surface area contributed by atoms with Crippen LogP contribution in [0.15, 0.2) is 72.0 Å². The van der Waals surface area contributed by atoms with Crippen molar-refractivity contribution in [2.24, 2.45) is 0 Å². The molecule has 1 saturated heterocycles. The lowest BCUT2D eigenvalue weighted by Crippen LogP contribution is -2.59. The number of ether oxygens (including phenoxy) is 4. The summed E-state index contributed by atoms with van der Waals surface area (Å²) in [7, 11) is 4.13. The summed E-state index contributed by atoms with van der Waals surface area (Å²) in [5.41, 5.74) is -0.394. The highest BCUT2D eigenvalue weighted by Crippen LogP contribution is 2.44. The zero-order valence-electron chi connectivity index (χ0n) is 23.0. The Hall–Kier alpha value is -4.28. The van der Waals surface area contributed by atoms with Crippen LogP contribution >= 0.6 is 0 Å². The van der Waals surface area contributed by atoms with Crippen LogP contribution in [0, 0.1) is 0 Å². The van der Waals surface area contributed by atoms with E-state index in [-0.39, 0.29) is 24.2 Å². The van der Waals surface area contributed by atoms with Crippen molar-refractivity contribution >= 4 is 17.7 Å². The third-order valence-corrected chi connectivity index (χ3v) is 7.38. The summed E-state index contributed by atoms with van der Waals surface area (Å²) in [6.45, 7) is 1.25. The van der Waals surface area contributed by atoms with E-state index < -0.39 is 47.9 Å². The number of hydrogen-bond donors (Lipinski definition) is 0. The van der Waals surface area contributed by atoms with Gasteiger partial charge in [0.2, 0.25) is 5.78 Å². The van der Waals surface area contributed by atoms with Gasteiger partial charge in [0, 0.05) is 24.6 Å². The van der Waals surface area contributed by atoms with Gasteiger partial charge in [0.15, 0.2) is 22.9 Å². The van der Waals surface area contributed by atoms with Crippen LogP contribution in [0.3, 0.4) is 0 Å². The van der Waals surface area contributed by atoms with Crippen molar-refractivity contribution in [3.63, 3.8) is 0 Å². The first-order valence-electron chi connectivity index (χ1n) is 12.8. The van der Waals surface area contributed by atoms with E-state index in [2.05, 4.69) is 0 Å². The van der Waals surface area contributed by atoms with Gasteiger partial charge >= 0.3 is 18.1 Å². The summed E-state index contributed by atoms with van der Waals surface area (Å²) in [4.78, 5) is 39.7. The number of carbonyl (C=O) groups excluding carboxylic acids is 3. The van der Waals surface area contributed by atoms with Gasteiger partial charge in [0.1, 0.15) is 0 Å². The smallest absolute Gasteiger partial charge is 0.471 e. The van der Waals surface area contributed by atoms with Gasteiger partial charge in [-0.05, 0) is 42.7 Å². The number of likely N-dealkylation sites (tertiary alicyclic amines) is 1. The average molecular weight is 574 g/mol. The van der Waals surface area contributed by atoms with Crippen LogP contribution in [0.2, 0.25) is 0 Å². The molecule has 11 heteroatoms. The molecule has 0 radical (unpaired) electrons. The SMILES string of the molecule is COC1=C[C@]2(OC(=O)[C@@H](C)c3ccccc3)CCN(C(=O)C(F)(F)F)[C@H](Cc3ccc(OC)c(OC)c3)C2=CC1=O. The van der Waals surface area contributed by atoms with E-state index in [1.165, 1.54) is 27.4 Å². The number of allylic oxidation sites excluding steroid dienone is 1. The highest BCUT2D eigenvalue weighted by Gasteiger charge is 2.54. The first-order chi connectivity index (χ1) is 19.4. The maximum atomic E-state index is 13.7. The highest BCUT2D eigenvalue weighted by atomic mass is 19.4. The molecule has 2 aliphatic rings. The van der Waals surface area contributed by atoms with Gasteiger partial charge in [0.05, 0.1) is 33.3 Å². The monoisotopic (exact) mass is 573 g/mol. The maximum absolute atomic E-state index is 13.7. The van der Waals surface area contributed by atoms with E-state index in [0.717, 1.165) is 6.08 Å². The molecule has 0 unspecified atom stereocenters. The number of piperidine rings is 1. The molecule has 2 aromatic carbocycles. The Labute approximate surface area is 235 Å². The van der Waals surface area contributed by atoms with Gasteiger partial charge < -0.3 is 23.8 Å². The van der Waals surface area contributed by atoms with Crippen molar-refractivity contribution in [3.8, 4) is 11.5 Å². The molecule has 1 fully saturated rings. The number of ketones is 1. The van der Waals surface area contributed by atoms with Crippen LogP contribution in [0.25, 0.3) is 0 Å². The van der Waals surface area contributed by atoms with Crippen molar-refractivity contribution in [1.82, 2.24) is 4.90 Å². The number of hydrogen-bond acceptors (Lipinski definition) is 7. The predicted octanol–water partition coefficient (Wildman–Crippen LogP) is 4.53. The van der Waals surface area contributed by atoms with Crippen LogP contribution in [-0.4, -0.2) is 68.3 Å². The molecule has 3 atom stereocenters. The lowest BCUT2D eigenvalue weighted by molar-refractivity contribution is -0.190. The number of carbonyl (C=O) groups is 3. The van der Waals surface area contributed by atoms with Crippen LogP contribution in [0.1, 0.15) is 30.4 Å². The van der Waals surface area contributed by atoms with E-state index in [0.29, 0.717) is 27.5 Å². The van der Waals surface area contributed by atoms with Gasteiger partial charge in [0.25, 0.3) is 0 Å². The summed E-state index contributed by atoms with van der Waals surface area (Å²) in [5.74, 6) is -3.43. The molecule has 1 amide bonds. The van der Waals surface area contributed by atoms with E-state index in [9.17, 15) is 27.6 Å². The summed E-state index contributed by atoms with van der Waals surface area (Å²) >= 11 is 0. The predicted molar refractivity (Wildman–Crippen MR) is 141 cm³/mol. The van der Waals surface area contributed by atoms with Crippen LogP contribution in [-0.2, 0) is 30.3 Å². The summed E-state index contributed by atoms with van der Waals surface area (Å²) in [6.07, 6.45) is -3.07. The Balaban J connectivity index is 1.80. The van der Waals surface area contributed by atoms with E-state index >= 15 is 0 Å². The number of nitrogens with zero attached hydrogens (tertiary/aromatic N) is 1. The molecule has 41 heavy (non-hydrogen) atoms. The van der Waals surface area contributed by atoms with Gasteiger partial charge in [-0.25, -0.2) is 0 Å². The third kappa shape index (κ3) is 5.94. The maximum Gasteiger partial charge on any atom is 0.471 e. The second-order valence-electron chi connectivity index (χ2n) is 9.78. The first-order valence-corrected chi connectivity index (χ1v) is 12.8. The van der Waals surface area contributed by atoms with Crippen molar-refractivity contribution in [3.05, 3.63) is 83.1 Å². The molecular weight excluding hydrogens is 543 g/mol. The third-order valence-electron chi connectivity index (χ3n) is 7.38. The highest BCUT2D eigenvalue weighted by molar-refractivity contribution is 6.05. The molecule has 0 spiro atoms. The number of fused-ring (bicyclic) bond motifs is 1. The largest absolute Gasteiger partial charge is 0.493 e. The zero-order valence-corrected chi connectivity index (χ0v) is 23.0. The van der Waals surface area contributed by atoms with Gasteiger partial charge in [-0.15, -0.1) is 0 Å². The van der Waals surface area contributed by atoms with Crippen molar-refractivity contribution in [1.29, 1.82) is 0 Å². The fourth-order valence-corrected chi connectivity index (χ4v) is 5.21. The summed E-state index contributed by atoms with van der Waals surface area (Å²) in [5, 5.41) is 0. The first kappa shape index (κ1) is 29.7. The number of esters is 1. The number of rotatable bonds is 8. The second kappa shape index (κ2) is 11.7. The normalized spacial score (nSPS) is 21.2. The quantitative estimate of drug-likeness (QED) is 0.429. The van der Waals surface area contributed by atoms with Crippen molar-refractivity contribution in [2.75, 3.05) is 27.9 Å². The van der Waals surface area contributed by atoms with Crippen molar-refractivity contribution in [2.45, 2.75) is 43.5 Å². The summed E-state index contributed by atoms with van der Waals surface area (Å²) < 4.78 is 63.1. The van der Waals surface area contributed by atoms with Gasteiger partial charge in [-0.2, -0.15) is 13.2 Å². The fraction of sp³-hybridized carbons (Fsp3) is 0.367. The Morgan fingerprint density at radius 1 is 1.02 bits per heavy atom. The minimum absolute atomic E-state index is 0.0514. The number of amides is 1. The molecule has 0 saturated carbocycles. The molecule has 1 aliphatic carbocycles. The Bertz CT molecular complexity index is 1390. The number of benzene rings is 2. The zero-order chi connectivity index (χ0) is 29.9. The topological polar surface area (TPSA) is 91.4 Å². The average Bonchev–Trinajstić information content (AvgIpc) is 2.96. The molecule has 0 N–H and O–H groups in total. The van der Waals surface area contributed by atoms with Gasteiger partial charge in [-0.3, -0.25) is 14.4 Å². The second-order valence-corrected chi connectivity index (χ2v) is 9.78. The molecule has 218 valence electrons. The Kier molecular flexibility index (Phi) is 8.46. The standard InChI is InChI=1S/C30H30F3NO7/c1-18(20-8-6-5-7-9-20)27(36)41-29-12-13-34(28(37)30(31,32)33)22(21(29)16-23(35)26(17-29)40-4)14-19-10-11-24(38-2)25(15-19)39-3/h5-11,15-18,22H,12-14H2,1-4H3/t18-,22+,29+/m0/s1. The molecule has 1 aliphatic heterocycles. The van der Waals surface area contributed by atoms with Crippen LogP contribution < -0.4 is 9.47 Å². The minimum Gasteiger partial charge on any atom is -0.493 e. The summed E-state index contributed by atoms with van der Waals surface area (Å²) in [6, 6.07) is 12.4. The minimum atomic E-state index is -5.17. The lowest BCUT2D eigenvalue weighted by atomic mass is 9.75. The van der Waals surface area contributed by atoms with E-state index in [1.807, 2.05) is 0 Å². The van der Waals surface area contributed by atoms with Gasteiger partial charge in [-0.1, -0.05) is 36.4 Å². The molecular formula is C30H30F3NO7. The van der Waals surface area contributed by atoms with E-state index in [1.54, 1.807) is 55.5 Å². The fourth-order valence-electron chi connectivity index (χ4n) is 5.21. The molecule has 0 bridgehead atoms. The molecule has 8 nitrogen and oxygen atoms in total. The molecule has 0 aromatic heterocycles. The number of methoxy groups -OCH3 is 3. The number of alkyl halides is 3. The lowest BCUT2D eigenvalue weighted by Gasteiger charge is -2.48. The Morgan fingerprint density at radius 3 is 2.32 bits per heavy atom. The molecule has 4 rings (SSSR count). The molecule has 2 aromatic rings. The molecule has 1 heterocycles. The van der Waals surface area contributed by atoms with Crippen LogP contribution in [0.4, 0.5) is 13.2 Å². The Morgan fingerprint density at radius 2 is 1.71 bits per heavy atom. The van der Waals surface area contributed by atoms with E-state index in [4.69, 9.17) is 18.9 Å². The number of halogens is 3. The van der Waals surface area contributed by atoms with Crippen molar-refractivity contribution < 1.29 is 46.5 Å². The van der Waals surface area contributed by atoms with Crippen LogP contribution in [0.5, 0.6) is 11.5 Å².